The van der Waals surface area contributed by atoms with Crippen LogP contribution in [-0.4, -0.2) is 0 Å². The van der Waals surface area contributed by atoms with E-state index >= 15 is 0 Å². The van der Waals surface area contributed by atoms with Crippen molar-refractivity contribution in [1.29, 1.82) is 0 Å². The molecule has 0 bridgehead atoms. The van der Waals surface area contributed by atoms with Crippen molar-refractivity contribution in [2.75, 3.05) is 0 Å². The number of fused-ring (bicyclic) bond motifs is 1. The van der Waals surface area contributed by atoms with Crippen molar-refractivity contribution in [1.82, 2.24) is 0 Å². The summed E-state index contributed by atoms with van der Waals surface area (Å²) in [4.78, 5) is 0. The molecule has 1 unspecified atom stereocenters. The molecule has 0 aromatic heterocycles. The topological polar surface area (TPSA) is 26.0 Å². The molecule has 2 rings (SSSR count). The molecule has 0 saturated heterocycles. The molecule has 0 aliphatic heterocycles. The third kappa shape index (κ3) is 1.42. The second-order valence-electron chi connectivity index (χ2n) is 3.98. The minimum Gasteiger partial charge on any atom is -0.324 e. The number of nitrogens with two attached hydrogens (primary N) is 1. The molecule has 0 spiro atoms. The highest BCUT2D eigenvalue weighted by Crippen LogP contribution is 2.37. The fraction of sp³-hybridized carbons (Fsp3) is 0.455. The van der Waals surface area contributed by atoms with E-state index in [-0.39, 0.29) is 12.0 Å². The fourth-order valence-electron chi connectivity index (χ4n) is 2.16. The van der Waals surface area contributed by atoms with E-state index in [0.29, 0.717) is 11.1 Å². The first-order chi connectivity index (χ1) is 6.59. The average Bonchev–Trinajstić information content (AvgIpc) is 2.10. The minimum absolute atomic E-state index is 0.144. The van der Waals surface area contributed by atoms with Crippen LogP contribution < -0.4 is 5.73 Å². The highest BCUT2D eigenvalue weighted by molar-refractivity contribution is 5.36. The van der Waals surface area contributed by atoms with Crippen molar-refractivity contribution in [3.05, 3.63) is 34.9 Å². The van der Waals surface area contributed by atoms with Gasteiger partial charge in [-0.3, -0.25) is 0 Å². The quantitative estimate of drug-likeness (QED) is 0.680. The molecule has 1 aliphatic rings. The Bertz CT molecular complexity index is 363. The highest BCUT2D eigenvalue weighted by atomic mass is 19.1. The summed E-state index contributed by atoms with van der Waals surface area (Å²) in [5.74, 6) is -0.848. The summed E-state index contributed by atoms with van der Waals surface area (Å²) in [6.07, 6.45) is 1.67. The molecule has 0 saturated carbocycles. The van der Waals surface area contributed by atoms with E-state index in [1.54, 1.807) is 0 Å². The van der Waals surface area contributed by atoms with E-state index in [1.807, 2.05) is 6.92 Å². The van der Waals surface area contributed by atoms with Crippen LogP contribution in [-0.2, 0) is 0 Å². The van der Waals surface area contributed by atoms with Crippen LogP contribution in [0.15, 0.2) is 12.1 Å². The maximum absolute atomic E-state index is 13.5. The molecule has 0 fully saturated rings. The largest absolute Gasteiger partial charge is 0.324 e. The monoisotopic (exact) mass is 197 g/mol. The molecule has 1 aromatic carbocycles. The van der Waals surface area contributed by atoms with Gasteiger partial charge in [0.05, 0.1) is 0 Å². The molecule has 1 aromatic rings. The van der Waals surface area contributed by atoms with E-state index in [0.717, 1.165) is 18.9 Å². The van der Waals surface area contributed by atoms with Crippen molar-refractivity contribution < 1.29 is 8.78 Å². The molecule has 0 heterocycles. The second kappa shape index (κ2) is 3.31. The molecule has 2 N–H and O–H groups in total. The smallest absolute Gasteiger partial charge is 0.129 e. The summed E-state index contributed by atoms with van der Waals surface area (Å²) >= 11 is 0. The molecule has 0 radical (unpaired) electrons. The zero-order valence-electron chi connectivity index (χ0n) is 8.06. The zero-order chi connectivity index (χ0) is 10.3. The molecule has 0 amide bonds. The van der Waals surface area contributed by atoms with Crippen LogP contribution in [0, 0.1) is 11.6 Å². The predicted octanol–water partition coefficient (Wildman–Crippen LogP) is 2.86. The van der Waals surface area contributed by atoms with Gasteiger partial charge < -0.3 is 5.73 Å². The molecule has 3 heteroatoms. The second-order valence-corrected chi connectivity index (χ2v) is 3.98. The van der Waals surface area contributed by atoms with E-state index < -0.39 is 11.6 Å². The van der Waals surface area contributed by atoms with Gasteiger partial charge in [0.1, 0.15) is 11.6 Å². The lowest BCUT2D eigenvalue weighted by Crippen LogP contribution is -2.21. The molecule has 1 nitrogen and oxygen atoms in total. The van der Waals surface area contributed by atoms with E-state index in [2.05, 4.69) is 0 Å². The average molecular weight is 197 g/mol. The predicted molar refractivity (Wildman–Crippen MR) is 50.9 cm³/mol. The lowest BCUT2D eigenvalue weighted by molar-refractivity contribution is 0.473. The lowest BCUT2D eigenvalue weighted by atomic mass is 9.81. The Morgan fingerprint density at radius 3 is 2.71 bits per heavy atom. The third-order valence-corrected chi connectivity index (χ3v) is 2.93. The van der Waals surface area contributed by atoms with Gasteiger partial charge in [-0.1, -0.05) is 6.92 Å². The molecule has 14 heavy (non-hydrogen) atoms. The van der Waals surface area contributed by atoms with Crippen LogP contribution in [0.5, 0.6) is 0 Å². The number of hydrogen-bond donors (Lipinski definition) is 1. The van der Waals surface area contributed by atoms with Gasteiger partial charge in [-0.05, 0) is 36.0 Å². The Labute approximate surface area is 81.9 Å². The van der Waals surface area contributed by atoms with Gasteiger partial charge in [0.25, 0.3) is 0 Å². The highest BCUT2D eigenvalue weighted by Gasteiger charge is 2.25. The van der Waals surface area contributed by atoms with Crippen LogP contribution >= 0.6 is 0 Å². The minimum atomic E-state index is -0.536. The summed E-state index contributed by atoms with van der Waals surface area (Å²) < 4.78 is 26.4. The molecular weight excluding hydrogens is 184 g/mol. The van der Waals surface area contributed by atoms with Crippen LogP contribution in [0.1, 0.15) is 42.9 Å². The van der Waals surface area contributed by atoms with Crippen molar-refractivity contribution in [3.63, 3.8) is 0 Å². The number of rotatable bonds is 0. The van der Waals surface area contributed by atoms with Crippen LogP contribution in [0.4, 0.5) is 8.78 Å². The standard InChI is InChI=1S/C11H13F2N/c1-6-2-3-10(14)8-4-7(12)5-9(13)11(6)8/h4-6,10H,2-3,14H2,1H3/t6?,10-/m0/s1. The number of hydrogen-bond acceptors (Lipinski definition) is 1. The van der Waals surface area contributed by atoms with Crippen molar-refractivity contribution in [2.24, 2.45) is 5.73 Å². The third-order valence-electron chi connectivity index (χ3n) is 2.93. The summed E-state index contributed by atoms with van der Waals surface area (Å²) in [6, 6.07) is 2.08. The van der Waals surface area contributed by atoms with Crippen LogP contribution in [0.25, 0.3) is 0 Å². The first-order valence-corrected chi connectivity index (χ1v) is 4.84. The number of benzene rings is 1. The zero-order valence-corrected chi connectivity index (χ0v) is 8.06. The lowest BCUT2D eigenvalue weighted by Gasteiger charge is -2.27. The Kier molecular flexibility index (Phi) is 2.27. The van der Waals surface area contributed by atoms with E-state index in [4.69, 9.17) is 5.73 Å². The molecule has 76 valence electrons. The Balaban J connectivity index is 2.60. The maximum atomic E-state index is 13.5. The molecular formula is C11H13F2N. The van der Waals surface area contributed by atoms with E-state index in [9.17, 15) is 8.78 Å². The van der Waals surface area contributed by atoms with Crippen molar-refractivity contribution >= 4 is 0 Å². The summed E-state index contributed by atoms with van der Waals surface area (Å²) in [6.45, 7) is 1.95. The Hall–Kier alpha value is -0.960. The Morgan fingerprint density at radius 2 is 2.00 bits per heavy atom. The van der Waals surface area contributed by atoms with E-state index in [1.165, 1.54) is 6.07 Å². The van der Waals surface area contributed by atoms with Crippen molar-refractivity contribution in [2.45, 2.75) is 31.7 Å². The Morgan fingerprint density at radius 1 is 1.29 bits per heavy atom. The summed E-state index contributed by atoms with van der Waals surface area (Å²) in [7, 11) is 0. The normalized spacial score (nSPS) is 26.0. The van der Waals surface area contributed by atoms with Gasteiger partial charge in [0.15, 0.2) is 0 Å². The SMILES string of the molecule is CC1CC[C@H](N)c2cc(F)cc(F)c21. The van der Waals surface area contributed by atoms with Gasteiger partial charge in [0, 0.05) is 12.1 Å². The summed E-state index contributed by atoms with van der Waals surface area (Å²) in [5.41, 5.74) is 7.06. The first kappa shape index (κ1) is 9.59. The van der Waals surface area contributed by atoms with Gasteiger partial charge in [-0.25, -0.2) is 8.78 Å². The molecule has 1 aliphatic carbocycles. The molecule has 2 atom stereocenters. The van der Waals surface area contributed by atoms with Crippen molar-refractivity contribution in [3.8, 4) is 0 Å². The van der Waals surface area contributed by atoms with Gasteiger partial charge in [0.2, 0.25) is 0 Å². The number of halogens is 2. The van der Waals surface area contributed by atoms with Gasteiger partial charge in [-0.2, -0.15) is 0 Å². The fourth-order valence-corrected chi connectivity index (χ4v) is 2.16. The summed E-state index contributed by atoms with van der Waals surface area (Å²) in [5, 5.41) is 0. The van der Waals surface area contributed by atoms with Gasteiger partial charge >= 0.3 is 0 Å². The van der Waals surface area contributed by atoms with Crippen LogP contribution in [0.3, 0.4) is 0 Å². The van der Waals surface area contributed by atoms with Gasteiger partial charge in [-0.15, -0.1) is 0 Å². The first-order valence-electron chi connectivity index (χ1n) is 4.84. The maximum Gasteiger partial charge on any atom is 0.129 e. The van der Waals surface area contributed by atoms with Crippen LogP contribution in [0.2, 0.25) is 0 Å².